The predicted octanol–water partition coefficient (Wildman–Crippen LogP) is 5.22. The summed E-state index contributed by atoms with van der Waals surface area (Å²) in [7, 11) is 0. The lowest BCUT2D eigenvalue weighted by atomic mass is 10.1. The Balaban J connectivity index is 2.35. The molecule has 0 aliphatic heterocycles. The van der Waals surface area contributed by atoms with Crippen LogP contribution in [0.3, 0.4) is 0 Å². The molecule has 2 rings (SSSR count). The van der Waals surface area contributed by atoms with Gasteiger partial charge in [-0.1, -0.05) is 12.1 Å². The van der Waals surface area contributed by atoms with Crippen LogP contribution < -0.4 is 4.74 Å². The number of rotatable bonds is 3. The van der Waals surface area contributed by atoms with E-state index >= 15 is 0 Å². The molecule has 1 N–H and O–H groups in total. The number of aryl methyl sites for hydroxylation is 2. The SMILES string of the molecule is Cc1cc(C)c(C)c(Oc2ccc(C(C)O)cc2Br)c1. The van der Waals surface area contributed by atoms with E-state index in [-0.39, 0.29) is 0 Å². The Morgan fingerprint density at radius 3 is 2.35 bits per heavy atom. The van der Waals surface area contributed by atoms with Gasteiger partial charge < -0.3 is 9.84 Å². The molecule has 0 saturated heterocycles. The largest absolute Gasteiger partial charge is 0.456 e. The second-order valence-corrected chi connectivity index (χ2v) is 6.03. The van der Waals surface area contributed by atoms with Crippen LogP contribution in [0.5, 0.6) is 11.5 Å². The Morgan fingerprint density at radius 2 is 1.75 bits per heavy atom. The molecule has 0 spiro atoms. The van der Waals surface area contributed by atoms with Gasteiger partial charge in [0.1, 0.15) is 11.5 Å². The zero-order chi connectivity index (χ0) is 14.9. The van der Waals surface area contributed by atoms with Crippen molar-refractivity contribution in [3.05, 3.63) is 57.1 Å². The van der Waals surface area contributed by atoms with Gasteiger partial charge in [-0.15, -0.1) is 0 Å². The van der Waals surface area contributed by atoms with E-state index in [1.54, 1.807) is 6.92 Å². The molecule has 1 unspecified atom stereocenters. The summed E-state index contributed by atoms with van der Waals surface area (Å²) in [6.07, 6.45) is -0.483. The molecule has 2 aromatic carbocycles. The number of hydrogen-bond acceptors (Lipinski definition) is 2. The van der Waals surface area contributed by atoms with Gasteiger partial charge in [0.25, 0.3) is 0 Å². The average Bonchev–Trinajstić information content (AvgIpc) is 2.37. The predicted molar refractivity (Wildman–Crippen MR) is 85.5 cm³/mol. The zero-order valence-electron chi connectivity index (χ0n) is 12.2. The fraction of sp³-hybridized carbons (Fsp3) is 0.294. The first-order valence-electron chi connectivity index (χ1n) is 6.61. The summed E-state index contributed by atoms with van der Waals surface area (Å²) in [5.74, 6) is 1.62. The van der Waals surface area contributed by atoms with Crippen LogP contribution in [0, 0.1) is 20.8 Å². The molecule has 0 amide bonds. The summed E-state index contributed by atoms with van der Waals surface area (Å²) in [4.78, 5) is 0. The van der Waals surface area contributed by atoms with Crippen molar-refractivity contribution < 1.29 is 9.84 Å². The topological polar surface area (TPSA) is 29.5 Å². The van der Waals surface area contributed by atoms with Gasteiger partial charge in [-0.2, -0.15) is 0 Å². The molecular weight excluding hydrogens is 316 g/mol. The normalized spacial score (nSPS) is 12.3. The standard InChI is InChI=1S/C17H19BrO2/c1-10-7-11(2)12(3)17(8-10)20-16-6-5-14(13(4)19)9-15(16)18/h5-9,13,19H,1-4H3. The maximum Gasteiger partial charge on any atom is 0.141 e. The highest BCUT2D eigenvalue weighted by atomic mass is 79.9. The van der Waals surface area contributed by atoms with Crippen molar-refractivity contribution in [2.75, 3.05) is 0 Å². The molecule has 3 heteroatoms. The Kier molecular flexibility index (Phi) is 4.51. The third-order valence-corrected chi connectivity index (χ3v) is 4.04. The van der Waals surface area contributed by atoms with Gasteiger partial charge in [-0.05, 0) is 84.1 Å². The highest BCUT2D eigenvalue weighted by Crippen LogP contribution is 2.34. The van der Waals surface area contributed by atoms with Crippen LogP contribution >= 0.6 is 15.9 Å². The van der Waals surface area contributed by atoms with E-state index in [0.29, 0.717) is 0 Å². The second kappa shape index (κ2) is 5.98. The van der Waals surface area contributed by atoms with E-state index in [4.69, 9.17) is 4.74 Å². The first kappa shape index (κ1) is 15.1. The van der Waals surface area contributed by atoms with Crippen LogP contribution in [0.25, 0.3) is 0 Å². The molecule has 0 fully saturated rings. The molecule has 0 radical (unpaired) electrons. The Labute approximate surface area is 128 Å². The Morgan fingerprint density at radius 1 is 1.05 bits per heavy atom. The van der Waals surface area contributed by atoms with Crippen molar-refractivity contribution in [2.45, 2.75) is 33.8 Å². The summed E-state index contributed by atoms with van der Waals surface area (Å²) in [5.41, 5.74) is 4.40. The lowest BCUT2D eigenvalue weighted by molar-refractivity contribution is 0.199. The molecule has 0 aliphatic rings. The van der Waals surface area contributed by atoms with E-state index in [0.717, 1.165) is 27.1 Å². The first-order chi connectivity index (χ1) is 9.38. The molecule has 2 aromatic rings. The lowest BCUT2D eigenvalue weighted by Gasteiger charge is -2.14. The van der Waals surface area contributed by atoms with Crippen LogP contribution in [-0.4, -0.2) is 5.11 Å². The van der Waals surface area contributed by atoms with E-state index in [1.807, 2.05) is 24.3 Å². The van der Waals surface area contributed by atoms with Crippen molar-refractivity contribution in [3.63, 3.8) is 0 Å². The highest BCUT2D eigenvalue weighted by molar-refractivity contribution is 9.10. The molecule has 2 nitrogen and oxygen atoms in total. The van der Waals surface area contributed by atoms with Crippen LogP contribution in [-0.2, 0) is 0 Å². The summed E-state index contributed by atoms with van der Waals surface area (Å²) in [6.45, 7) is 7.95. The number of hydrogen-bond donors (Lipinski definition) is 1. The number of aliphatic hydroxyl groups is 1. The molecule has 20 heavy (non-hydrogen) atoms. The van der Waals surface area contributed by atoms with Gasteiger partial charge in [-0.3, -0.25) is 0 Å². The molecular formula is C17H19BrO2. The van der Waals surface area contributed by atoms with Crippen molar-refractivity contribution >= 4 is 15.9 Å². The van der Waals surface area contributed by atoms with E-state index in [2.05, 4.69) is 42.8 Å². The number of benzene rings is 2. The van der Waals surface area contributed by atoms with Gasteiger partial charge >= 0.3 is 0 Å². The molecule has 0 heterocycles. The van der Waals surface area contributed by atoms with E-state index < -0.39 is 6.10 Å². The number of aliphatic hydroxyl groups excluding tert-OH is 1. The quantitative estimate of drug-likeness (QED) is 0.833. The van der Waals surface area contributed by atoms with Gasteiger partial charge in [0, 0.05) is 0 Å². The third-order valence-electron chi connectivity index (χ3n) is 3.42. The van der Waals surface area contributed by atoms with Gasteiger partial charge in [-0.25, -0.2) is 0 Å². The average molecular weight is 335 g/mol. The Bertz CT molecular complexity index is 633. The third kappa shape index (κ3) is 3.22. The first-order valence-corrected chi connectivity index (χ1v) is 7.41. The molecule has 1 atom stereocenters. The van der Waals surface area contributed by atoms with Crippen LogP contribution in [0.4, 0.5) is 0 Å². The monoisotopic (exact) mass is 334 g/mol. The summed E-state index contributed by atoms with van der Waals surface area (Å²) < 4.78 is 6.85. The van der Waals surface area contributed by atoms with Crippen molar-refractivity contribution in [1.82, 2.24) is 0 Å². The minimum Gasteiger partial charge on any atom is -0.456 e. The second-order valence-electron chi connectivity index (χ2n) is 5.17. The summed E-state index contributed by atoms with van der Waals surface area (Å²) in [6, 6.07) is 9.83. The molecule has 0 aromatic heterocycles. The smallest absolute Gasteiger partial charge is 0.141 e. The molecule has 0 bridgehead atoms. The summed E-state index contributed by atoms with van der Waals surface area (Å²) in [5, 5.41) is 9.58. The van der Waals surface area contributed by atoms with Gasteiger partial charge in [0.05, 0.1) is 10.6 Å². The molecule has 0 aliphatic carbocycles. The maximum absolute atomic E-state index is 9.58. The highest BCUT2D eigenvalue weighted by Gasteiger charge is 2.10. The number of ether oxygens (including phenoxy) is 1. The van der Waals surface area contributed by atoms with E-state index in [9.17, 15) is 5.11 Å². The van der Waals surface area contributed by atoms with Crippen LogP contribution in [0.2, 0.25) is 0 Å². The minimum absolute atomic E-state index is 0.483. The molecule has 106 valence electrons. The van der Waals surface area contributed by atoms with Crippen molar-refractivity contribution in [2.24, 2.45) is 0 Å². The van der Waals surface area contributed by atoms with Crippen molar-refractivity contribution in [1.29, 1.82) is 0 Å². The fourth-order valence-electron chi connectivity index (χ4n) is 2.08. The fourth-order valence-corrected chi connectivity index (χ4v) is 2.56. The number of halogens is 1. The zero-order valence-corrected chi connectivity index (χ0v) is 13.8. The van der Waals surface area contributed by atoms with E-state index in [1.165, 1.54) is 11.1 Å². The minimum atomic E-state index is -0.483. The van der Waals surface area contributed by atoms with Gasteiger partial charge in [0.15, 0.2) is 0 Å². The Hall–Kier alpha value is -1.32. The van der Waals surface area contributed by atoms with Crippen molar-refractivity contribution in [3.8, 4) is 11.5 Å². The summed E-state index contributed by atoms with van der Waals surface area (Å²) >= 11 is 3.50. The maximum atomic E-state index is 9.58. The molecule has 0 saturated carbocycles. The lowest BCUT2D eigenvalue weighted by Crippen LogP contribution is -1.95. The van der Waals surface area contributed by atoms with Crippen LogP contribution in [0.15, 0.2) is 34.8 Å². The van der Waals surface area contributed by atoms with Crippen LogP contribution in [0.1, 0.15) is 35.3 Å². The van der Waals surface area contributed by atoms with Gasteiger partial charge in [0.2, 0.25) is 0 Å².